The third-order valence-corrected chi connectivity index (χ3v) is 10.5. The highest BCUT2D eigenvalue weighted by atomic mass is 35.5. The number of allylic oxidation sites excluding steroid dienone is 4. The van der Waals surface area contributed by atoms with E-state index >= 15 is 0 Å². The summed E-state index contributed by atoms with van der Waals surface area (Å²) >= 11 is 66.9. The molecule has 0 aromatic heterocycles. The molecule has 11 heteroatoms. The summed E-state index contributed by atoms with van der Waals surface area (Å²) in [6.07, 6.45) is -1.94. The first-order chi connectivity index (χ1) is 17.4. The van der Waals surface area contributed by atoms with Crippen LogP contribution in [0, 0.1) is 0 Å². The van der Waals surface area contributed by atoms with E-state index in [4.69, 9.17) is 121 Å². The molecule has 0 saturated carbocycles. The molecule has 0 saturated heterocycles. The van der Waals surface area contributed by atoms with E-state index in [1.54, 1.807) is 0 Å². The number of benzene rings is 2. The zero-order chi connectivity index (χ0) is 27.1. The molecule has 0 N–H and O–H groups in total. The Labute approximate surface area is 265 Å². The third-order valence-electron chi connectivity index (χ3n) is 5.98. The predicted octanol–water partition coefficient (Wildman–Crippen LogP) is 11.0. The van der Waals surface area contributed by atoms with Crippen LogP contribution in [0.2, 0.25) is 0 Å². The Morgan fingerprint density at radius 3 is 1.16 bits per heavy atom. The number of hydrogen-bond acceptors (Lipinski definition) is 1. The monoisotopic (exact) mass is 694 g/mol. The van der Waals surface area contributed by atoms with Crippen molar-refractivity contribution in [3.63, 3.8) is 0 Å². The van der Waals surface area contributed by atoms with Gasteiger partial charge in [0.25, 0.3) is 0 Å². The predicted molar refractivity (Wildman–Crippen MR) is 161 cm³/mol. The Hall–Kier alpha value is 0.260. The van der Waals surface area contributed by atoms with Crippen LogP contribution in [0.3, 0.4) is 0 Å². The summed E-state index contributed by atoms with van der Waals surface area (Å²) in [5.74, 6) is 0. The summed E-state index contributed by atoms with van der Waals surface area (Å²) in [6.45, 7) is 0. The zero-order valence-electron chi connectivity index (χ0n) is 18.5. The summed E-state index contributed by atoms with van der Waals surface area (Å²) < 4.78 is 2.77. The largest absolute Gasteiger partial charge is 0.357 e. The smallest absolute Gasteiger partial charge is 0.172 e. The molecule has 2 aromatic rings. The average Bonchev–Trinajstić information content (AvgIpc) is 2.88. The minimum Gasteiger partial charge on any atom is -0.357 e. The van der Waals surface area contributed by atoms with Crippen LogP contribution in [0.5, 0.6) is 0 Å². The van der Waals surface area contributed by atoms with Gasteiger partial charge in [0, 0.05) is 0 Å². The molecule has 2 unspecified atom stereocenters. The third kappa shape index (κ3) is 5.99. The second-order valence-corrected chi connectivity index (χ2v) is 13.5. The van der Waals surface area contributed by atoms with Gasteiger partial charge in [-0.3, -0.25) is 0 Å². The normalized spacial score (nSPS) is 23.7. The van der Waals surface area contributed by atoms with E-state index in [1.807, 2.05) is 60.7 Å². The quantitative estimate of drug-likeness (QED) is 0.273. The highest BCUT2D eigenvalue weighted by Gasteiger charge is 2.54. The summed E-state index contributed by atoms with van der Waals surface area (Å²) in [6, 6.07) is 18.9. The van der Waals surface area contributed by atoms with Gasteiger partial charge in [-0.15, -0.1) is 0 Å². The molecule has 1 nitrogen and oxygen atoms in total. The van der Waals surface area contributed by atoms with Crippen molar-refractivity contribution in [2.24, 2.45) is 0 Å². The second kappa shape index (κ2) is 12.0. The Bertz CT molecular complexity index is 1210. The van der Waals surface area contributed by atoms with Crippen LogP contribution < -0.4 is 0 Å². The molecule has 2 atom stereocenters. The van der Waals surface area contributed by atoms with E-state index in [1.165, 1.54) is 0 Å². The number of ether oxygens (including phenoxy) is 1. The lowest BCUT2D eigenvalue weighted by atomic mass is 9.92. The Kier molecular flexibility index (Phi) is 9.81. The highest BCUT2D eigenvalue weighted by molar-refractivity contribution is 6.57. The van der Waals surface area contributed by atoms with E-state index < -0.39 is 20.9 Å². The van der Waals surface area contributed by atoms with Gasteiger partial charge in [0.2, 0.25) is 0 Å². The van der Waals surface area contributed by atoms with Crippen molar-refractivity contribution in [2.75, 3.05) is 0 Å². The number of halogens is 10. The molecule has 37 heavy (non-hydrogen) atoms. The van der Waals surface area contributed by atoms with E-state index in [-0.39, 0.29) is 43.0 Å². The molecule has 0 amide bonds. The van der Waals surface area contributed by atoms with E-state index in [9.17, 15) is 0 Å². The van der Waals surface area contributed by atoms with Crippen molar-refractivity contribution >= 4 is 116 Å². The maximum absolute atomic E-state index is 6.90. The number of hydrogen-bond donors (Lipinski definition) is 0. The summed E-state index contributed by atoms with van der Waals surface area (Å²) in [7, 11) is 0. The molecule has 0 bridgehead atoms. The lowest BCUT2D eigenvalue weighted by Gasteiger charge is -2.42. The lowest BCUT2D eigenvalue weighted by molar-refractivity contribution is 0.0257. The summed E-state index contributed by atoms with van der Waals surface area (Å²) in [4.78, 5) is 0. The Morgan fingerprint density at radius 1 is 0.514 bits per heavy atom. The molecule has 0 radical (unpaired) electrons. The zero-order valence-corrected chi connectivity index (χ0v) is 26.1. The van der Waals surface area contributed by atoms with E-state index in [0.717, 1.165) is 11.1 Å². The minimum absolute atomic E-state index is 0.0334. The Balaban J connectivity index is 1.73. The average molecular weight is 699 g/mol. The first kappa shape index (κ1) is 30.2. The van der Waals surface area contributed by atoms with Crippen LogP contribution in [-0.2, 0) is 17.6 Å². The fraction of sp³-hybridized carbons (Fsp3) is 0.231. The van der Waals surface area contributed by atoms with Crippen LogP contribution in [0.1, 0.15) is 11.1 Å². The highest BCUT2D eigenvalue weighted by Crippen LogP contribution is 2.55. The molecule has 0 heterocycles. The van der Waals surface area contributed by atoms with Crippen molar-refractivity contribution in [3.8, 4) is 0 Å². The first-order valence-electron chi connectivity index (χ1n) is 10.8. The number of rotatable bonds is 6. The molecule has 0 fully saturated rings. The van der Waals surface area contributed by atoms with Gasteiger partial charge >= 0.3 is 0 Å². The molecule has 2 aliphatic rings. The molecule has 196 valence electrons. The van der Waals surface area contributed by atoms with Gasteiger partial charge in [-0.25, -0.2) is 0 Å². The molecule has 0 aliphatic heterocycles. The minimum atomic E-state index is -1.76. The second-order valence-electron chi connectivity index (χ2n) is 8.38. The molecule has 2 aromatic carbocycles. The molecular formula is C26H16Cl10O. The van der Waals surface area contributed by atoms with Crippen molar-refractivity contribution in [3.05, 3.63) is 113 Å². The molecule has 4 rings (SSSR count). The van der Waals surface area contributed by atoms with Crippen LogP contribution in [0.15, 0.2) is 102 Å². The van der Waals surface area contributed by atoms with Crippen LogP contribution in [0.4, 0.5) is 0 Å². The summed E-state index contributed by atoms with van der Waals surface area (Å²) in [5, 5.41) is 0.239. The lowest BCUT2D eigenvalue weighted by Crippen LogP contribution is -2.48. The fourth-order valence-electron chi connectivity index (χ4n) is 4.05. The van der Waals surface area contributed by atoms with Crippen LogP contribution >= 0.6 is 116 Å². The first-order valence-corrected chi connectivity index (χ1v) is 14.5. The maximum atomic E-state index is 6.90. The fourth-order valence-corrected chi connectivity index (χ4v) is 7.53. The van der Waals surface area contributed by atoms with Gasteiger partial charge in [-0.05, 0) is 35.1 Å². The molecule has 2 aliphatic carbocycles. The van der Waals surface area contributed by atoms with Crippen LogP contribution in [0.25, 0.3) is 0 Å². The SMILES string of the molecule is ClC1=C(Cl)C(OC2C(Cl)=C(Cl)C(Cl)=C(Cc3ccccc3)C2(Cl)Cl)C(Cl)(Cl)C(Cc2ccccc2)=C1Cl. The van der Waals surface area contributed by atoms with Gasteiger partial charge in [0.1, 0.15) is 12.2 Å². The van der Waals surface area contributed by atoms with Gasteiger partial charge < -0.3 is 4.74 Å². The van der Waals surface area contributed by atoms with Gasteiger partial charge in [-0.2, -0.15) is 0 Å². The van der Waals surface area contributed by atoms with Crippen molar-refractivity contribution in [1.82, 2.24) is 0 Å². The van der Waals surface area contributed by atoms with Crippen LogP contribution in [-0.4, -0.2) is 20.9 Å². The summed E-state index contributed by atoms with van der Waals surface area (Å²) in [5.41, 5.74) is 2.56. The topological polar surface area (TPSA) is 9.23 Å². The van der Waals surface area contributed by atoms with Crippen molar-refractivity contribution in [1.29, 1.82) is 0 Å². The molecule has 0 spiro atoms. The van der Waals surface area contributed by atoms with Crippen molar-refractivity contribution in [2.45, 2.75) is 33.7 Å². The van der Waals surface area contributed by atoms with Crippen molar-refractivity contribution < 1.29 is 4.74 Å². The standard InChI is InChI=1S/C26H16Cl10O/c27-17-15(11-13-7-3-1-4-8-13)25(33,34)23(21(31)19(17)29)37-24-22(32)20(30)18(28)16(26(24,35)36)12-14-9-5-2-6-10-14/h1-10,23-24H,11-12H2. The van der Waals surface area contributed by atoms with E-state index in [0.29, 0.717) is 11.1 Å². The maximum Gasteiger partial charge on any atom is 0.172 e. The van der Waals surface area contributed by atoms with E-state index in [2.05, 4.69) is 0 Å². The molecular weight excluding hydrogens is 683 g/mol. The van der Waals surface area contributed by atoms with Gasteiger partial charge in [-0.1, -0.05) is 177 Å². The number of alkyl halides is 4. The Morgan fingerprint density at radius 2 is 0.838 bits per heavy atom. The van der Waals surface area contributed by atoms with Gasteiger partial charge in [0.15, 0.2) is 8.67 Å². The van der Waals surface area contributed by atoms with Gasteiger partial charge in [0.05, 0.1) is 30.2 Å².